The second kappa shape index (κ2) is 10.7. The normalized spacial score (nSPS) is 11.6. The highest BCUT2D eigenvalue weighted by Gasteiger charge is 2.22. The summed E-state index contributed by atoms with van der Waals surface area (Å²) in [5.41, 5.74) is 2.57. The van der Waals surface area contributed by atoms with Crippen molar-refractivity contribution in [3.63, 3.8) is 0 Å². The van der Waals surface area contributed by atoms with Crippen LogP contribution in [0.2, 0.25) is 0 Å². The van der Waals surface area contributed by atoms with Crippen LogP contribution < -0.4 is 16.0 Å². The number of carbonyl (C=O) groups excluding carboxylic acids is 3. The third-order valence-electron chi connectivity index (χ3n) is 4.43. The fraction of sp³-hybridized carbons (Fsp3) is 0.286. The molecule has 0 aliphatic carbocycles. The van der Waals surface area contributed by atoms with Gasteiger partial charge < -0.3 is 10.6 Å². The lowest BCUT2D eigenvalue weighted by molar-refractivity contribution is -0.125. The number of amides is 4. The maximum Gasteiger partial charge on any atom is 0.321 e. The quantitative estimate of drug-likeness (QED) is 0.592. The molecule has 0 aliphatic rings. The van der Waals surface area contributed by atoms with Crippen LogP contribution >= 0.6 is 15.9 Å². The summed E-state index contributed by atoms with van der Waals surface area (Å²) in [7, 11) is 1.65. The summed E-state index contributed by atoms with van der Waals surface area (Å²) in [5, 5.41) is 7.77. The number of nitrogens with zero attached hydrogens (tertiary/aromatic N) is 1. The molecule has 0 aromatic heterocycles. The zero-order valence-corrected chi connectivity index (χ0v) is 18.2. The number of benzene rings is 2. The molecule has 0 saturated carbocycles. The zero-order valence-electron chi connectivity index (χ0n) is 16.7. The number of carbonyl (C=O) groups is 3. The first kappa shape index (κ1) is 22.6. The van der Waals surface area contributed by atoms with Crippen molar-refractivity contribution < 1.29 is 14.4 Å². The summed E-state index contributed by atoms with van der Waals surface area (Å²) < 4.78 is 0.931. The van der Waals surface area contributed by atoms with Crippen molar-refractivity contribution in [3.05, 3.63) is 64.1 Å². The van der Waals surface area contributed by atoms with Gasteiger partial charge in [-0.15, -0.1) is 0 Å². The molecule has 0 aliphatic heterocycles. The third-order valence-corrected chi connectivity index (χ3v) is 4.92. The van der Waals surface area contributed by atoms with Crippen LogP contribution in [0.5, 0.6) is 0 Å². The monoisotopic (exact) mass is 460 g/mol. The van der Waals surface area contributed by atoms with Crippen molar-refractivity contribution in [2.24, 2.45) is 0 Å². The van der Waals surface area contributed by atoms with E-state index in [1.807, 2.05) is 55.5 Å². The van der Waals surface area contributed by atoms with E-state index >= 15 is 0 Å². The number of urea groups is 1. The Labute approximate surface area is 179 Å². The first-order chi connectivity index (χ1) is 13.8. The van der Waals surface area contributed by atoms with E-state index < -0.39 is 18.0 Å². The molecule has 2 aromatic carbocycles. The van der Waals surface area contributed by atoms with Crippen LogP contribution in [0.4, 0.5) is 10.5 Å². The van der Waals surface area contributed by atoms with Crippen molar-refractivity contribution in [2.75, 3.05) is 18.9 Å². The maximum absolute atomic E-state index is 12.3. The summed E-state index contributed by atoms with van der Waals surface area (Å²) >= 11 is 3.38. The second-order valence-electron chi connectivity index (χ2n) is 6.76. The Bertz CT molecular complexity index is 873. The number of hydrogen-bond acceptors (Lipinski definition) is 4. The topological polar surface area (TPSA) is 90.5 Å². The summed E-state index contributed by atoms with van der Waals surface area (Å²) in [6.45, 7) is 3.86. The molecular formula is C21H25BrN4O3. The molecule has 1 unspecified atom stereocenters. The van der Waals surface area contributed by atoms with Crippen LogP contribution in [0, 0.1) is 6.92 Å². The Morgan fingerprint density at radius 1 is 1.10 bits per heavy atom. The second-order valence-corrected chi connectivity index (χ2v) is 7.67. The van der Waals surface area contributed by atoms with Crippen LogP contribution in [-0.4, -0.2) is 42.4 Å². The number of rotatable bonds is 7. The highest BCUT2D eigenvalue weighted by Crippen LogP contribution is 2.19. The van der Waals surface area contributed by atoms with Gasteiger partial charge >= 0.3 is 6.03 Å². The van der Waals surface area contributed by atoms with Crippen molar-refractivity contribution in [1.82, 2.24) is 15.5 Å². The standard InChI is InChI=1S/C21H25BrN4O3/c1-14-11-17(22)9-10-18(14)24-19(27)13-26(3)15(2)20(28)25-21(29)23-12-16-7-5-4-6-8-16/h4-11,15H,12-13H2,1-3H3,(H,24,27)(H2,23,25,28,29). The van der Waals surface area contributed by atoms with Gasteiger partial charge in [0, 0.05) is 16.7 Å². The zero-order chi connectivity index (χ0) is 21.4. The molecule has 29 heavy (non-hydrogen) atoms. The lowest BCUT2D eigenvalue weighted by atomic mass is 10.2. The lowest BCUT2D eigenvalue weighted by Gasteiger charge is -2.23. The highest BCUT2D eigenvalue weighted by atomic mass is 79.9. The minimum Gasteiger partial charge on any atom is -0.334 e. The maximum atomic E-state index is 12.3. The van der Waals surface area contributed by atoms with Crippen LogP contribution in [-0.2, 0) is 16.1 Å². The van der Waals surface area contributed by atoms with E-state index in [1.165, 1.54) is 0 Å². The Kier molecular flexibility index (Phi) is 8.35. The molecule has 0 heterocycles. The summed E-state index contributed by atoms with van der Waals surface area (Å²) in [5.74, 6) is -0.725. The van der Waals surface area contributed by atoms with E-state index in [9.17, 15) is 14.4 Å². The van der Waals surface area contributed by atoms with E-state index in [0.717, 1.165) is 15.6 Å². The summed E-state index contributed by atoms with van der Waals surface area (Å²) in [6, 6.07) is 13.7. The molecule has 1 atom stereocenters. The van der Waals surface area contributed by atoms with E-state index in [4.69, 9.17) is 0 Å². The van der Waals surface area contributed by atoms with Crippen molar-refractivity contribution >= 4 is 39.5 Å². The number of imide groups is 1. The highest BCUT2D eigenvalue weighted by molar-refractivity contribution is 9.10. The minimum absolute atomic E-state index is 0.00965. The first-order valence-electron chi connectivity index (χ1n) is 9.15. The SMILES string of the molecule is Cc1cc(Br)ccc1NC(=O)CN(C)C(C)C(=O)NC(=O)NCc1ccccc1. The predicted molar refractivity (Wildman–Crippen MR) is 116 cm³/mol. The molecule has 0 spiro atoms. The third kappa shape index (κ3) is 7.32. The number of halogens is 1. The number of anilines is 1. The fourth-order valence-electron chi connectivity index (χ4n) is 2.56. The average molecular weight is 461 g/mol. The van der Waals surface area contributed by atoms with Crippen LogP contribution in [0.15, 0.2) is 53.0 Å². The Hall–Kier alpha value is -2.71. The van der Waals surface area contributed by atoms with Gasteiger partial charge in [-0.3, -0.25) is 19.8 Å². The largest absolute Gasteiger partial charge is 0.334 e. The molecule has 7 nitrogen and oxygen atoms in total. The molecule has 8 heteroatoms. The number of nitrogens with one attached hydrogen (secondary N) is 3. The molecular weight excluding hydrogens is 436 g/mol. The van der Waals surface area contributed by atoms with Crippen molar-refractivity contribution in [2.45, 2.75) is 26.4 Å². The molecule has 2 aromatic rings. The Balaban J connectivity index is 1.80. The molecule has 2 rings (SSSR count). The van der Waals surface area contributed by atoms with Gasteiger partial charge in [0.25, 0.3) is 0 Å². The van der Waals surface area contributed by atoms with E-state index in [1.54, 1.807) is 18.9 Å². The number of hydrogen-bond donors (Lipinski definition) is 3. The van der Waals surface area contributed by atoms with Crippen LogP contribution in [0.25, 0.3) is 0 Å². The van der Waals surface area contributed by atoms with Crippen LogP contribution in [0.1, 0.15) is 18.1 Å². The molecule has 0 bridgehead atoms. The van der Waals surface area contributed by atoms with Crippen molar-refractivity contribution in [3.8, 4) is 0 Å². The van der Waals surface area contributed by atoms with Gasteiger partial charge in [-0.2, -0.15) is 0 Å². The van der Waals surface area contributed by atoms with E-state index in [-0.39, 0.29) is 12.5 Å². The average Bonchev–Trinajstić information content (AvgIpc) is 2.68. The number of aryl methyl sites for hydroxylation is 1. The van der Waals surface area contributed by atoms with Gasteiger partial charge in [-0.05, 0) is 50.2 Å². The molecule has 3 N–H and O–H groups in total. The van der Waals surface area contributed by atoms with Gasteiger partial charge in [0.2, 0.25) is 11.8 Å². The fourth-order valence-corrected chi connectivity index (χ4v) is 3.03. The molecule has 4 amide bonds. The molecule has 0 radical (unpaired) electrons. The van der Waals surface area contributed by atoms with Gasteiger partial charge in [0.15, 0.2) is 0 Å². The van der Waals surface area contributed by atoms with Crippen LogP contribution in [0.3, 0.4) is 0 Å². The summed E-state index contributed by atoms with van der Waals surface area (Å²) in [4.78, 5) is 38.1. The Morgan fingerprint density at radius 2 is 1.79 bits per heavy atom. The minimum atomic E-state index is -0.658. The Morgan fingerprint density at radius 3 is 2.45 bits per heavy atom. The molecule has 0 saturated heterocycles. The molecule has 0 fully saturated rings. The molecule has 154 valence electrons. The van der Waals surface area contributed by atoms with Gasteiger partial charge in [-0.25, -0.2) is 4.79 Å². The predicted octanol–water partition coefficient (Wildman–Crippen LogP) is 3.04. The van der Waals surface area contributed by atoms with Gasteiger partial charge in [0.05, 0.1) is 12.6 Å². The smallest absolute Gasteiger partial charge is 0.321 e. The van der Waals surface area contributed by atoms with Gasteiger partial charge in [-0.1, -0.05) is 46.3 Å². The van der Waals surface area contributed by atoms with Crippen molar-refractivity contribution in [1.29, 1.82) is 0 Å². The van der Waals surface area contributed by atoms with E-state index in [2.05, 4.69) is 31.9 Å². The van der Waals surface area contributed by atoms with Gasteiger partial charge in [0.1, 0.15) is 0 Å². The lowest BCUT2D eigenvalue weighted by Crippen LogP contribution is -2.49. The first-order valence-corrected chi connectivity index (χ1v) is 9.94. The number of likely N-dealkylation sites (N-methyl/N-ethyl adjacent to an activating group) is 1. The van der Waals surface area contributed by atoms with E-state index in [0.29, 0.717) is 12.2 Å². The summed E-state index contributed by atoms with van der Waals surface area (Å²) in [6.07, 6.45) is 0.